The van der Waals surface area contributed by atoms with E-state index in [1.54, 1.807) is 36.4 Å². The van der Waals surface area contributed by atoms with E-state index in [2.05, 4.69) is 10.3 Å². The summed E-state index contributed by atoms with van der Waals surface area (Å²) in [4.78, 5) is 28.0. The molecule has 0 aliphatic carbocycles. The zero-order valence-corrected chi connectivity index (χ0v) is 15.8. The first-order valence-electron chi connectivity index (χ1n) is 7.95. The van der Waals surface area contributed by atoms with Crippen molar-refractivity contribution in [3.63, 3.8) is 0 Å². The number of halogens is 1. The summed E-state index contributed by atoms with van der Waals surface area (Å²) in [6, 6.07) is 8.31. The number of nitrogens with one attached hydrogen (secondary N) is 1. The van der Waals surface area contributed by atoms with E-state index in [1.807, 2.05) is 0 Å². The largest absolute Gasteiger partial charge is 0.497 e. The summed E-state index contributed by atoms with van der Waals surface area (Å²) < 4.78 is 15.4. The second-order valence-corrected chi connectivity index (χ2v) is 5.85. The lowest BCUT2D eigenvalue weighted by Gasteiger charge is -2.12. The predicted octanol–water partition coefficient (Wildman–Crippen LogP) is 3.34. The molecule has 0 saturated carbocycles. The van der Waals surface area contributed by atoms with Crippen LogP contribution in [-0.4, -0.2) is 37.2 Å². The zero-order valence-electron chi connectivity index (χ0n) is 15.1. The van der Waals surface area contributed by atoms with Crippen molar-refractivity contribution < 1.29 is 23.8 Å². The standard InChI is InChI=1S/C19H19ClN2O5/c1-12(19(24)22-17-6-5-14(20)11-21-17)27-18(23)7-4-13-8-15(25-2)10-16(9-13)26-3/h4-12H,1-3H3,(H,21,22,24)/b7-4+/t12-/m0/s1. The summed E-state index contributed by atoms with van der Waals surface area (Å²) in [5.74, 6) is 0.320. The van der Waals surface area contributed by atoms with Gasteiger partial charge in [-0.05, 0) is 42.8 Å². The molecule has 0 fully saturated rings. The Labute approximate surface area is 161 Å². The van der Waals surface area contributed by atoms with Crippen LogP contribution in [0.4, 0.5) is 5.82 Å². The highest BCUT2D eigenvalue weighted by molar-refractivity contribution is 6.30. The molecule has 7 nitrogen and oxygen atoms in total. The molecular weight excluding hydrogens is 372 g/mol. The number of nitrogens with zero attached hydrogens (tertiary/aromatic N) is 1. The molecule has 0 spiro atoms. The molecule has 142 valence electrons. The first-order valence-corrected chi connectivity index (χ1v) is 8.33. The van der Waals surface area contributed by atoms with E-state index in [1.165, 1.54) is 33.4 Å². The zero-order chi connectivity index (χ0) is 19.8. The smallest absolute Gasteiger partial charge is 0.331 e. The number of benzene rings is 1. The number of carbonyl (C=O) groups excluding carboxylic acids is 2. The van der Waals surface area contributed by atoms with Crippen molar-refractivity contribution >= 4 is 35.4 Å². The van der Waals surface area contributed by atoms with Crippen molar-refractivity contribution in [3.05, 3.63) is 53.2 Å². The monoisotopic (exact) mass is 390 g/mol. The maximum absolute atomic E-state index is 12.1. The summed E-state index contributed by atoms with van der Waals surface area (Å²) in [6.07, 6.45) is 3.16. The fourth-order valence-electron chi connectivity index (χ4n) is 2.03. The Morgan fingerprint density at radius 2 is 1.81 bits per heavy atom. The van der Waals surface area contributed by atoms with E-state index >= 15 is 0 Å². The lowest BCUT2D eigenvalue weighted by molar-refractivity contribution is -0.148. The van der Waals surface area contributed by atoms with Crippen molar-refractivity contribution in [1.82, 2.24) is 4.98 Å². The third-order valence-corrected chi connectivity index (χ3v) is 3.65. The highest BCUT2D eigenvalue weighted by Gasteiger charge is 2.17. The highest BCUT2D eigenvalue weighted by Crippen LogP contribution is 2.23. The molecule has 2 aromatic rings. The van der Waals surface area contributed by atoms with Gasteiger partial charge in [0.25, 0.3) is 5.91 Å². The molecule has 1 atom stereocenters. The summed E-state index contributed by atoms with van der Waals surface area (Å²) in [5, 5.41) is 2.99. The summed E-state index contributed by atoms with van der Waals surface area (Å²) in [7, 11) is 3.07. The minimum Gasteiger partial charge on any atom is -0.497 e. The second kappa shape index (κ2) is 9.59. The predicted molar refractivity (Wildman–Crippen MR) is 102 cm³/mol. The lowest BCUT2D eigenvalue weighted by Crippen LogP contribution is -2.29. The van der Waals surface area contributed by atoms with E-state index in [9.17, 15) is 9.59 Å². The molecule has 1 N–H and O–H groups in total. The van der Waals surface area contributed by atoms with Gasteiger partial charge in [-0.25, -0.2) is 9.78 Å². The van der Waals surface area contributed by atoms with Gasteiger partial charge in [-0.1, -0.05) is 11.6 Å². The molecule has 1 amide bonds. The van der Waals surface area contributed by atoms with Crippen LogP contribution < -0.4 is 14.8 Å². The fraction of sp³-hybridized carbons (Fsp3) is 0.211. The number of esters is 1. The number of anilines is 1. The highest BCUT2D eigenvalue weighted by atomic mass is 35.5. The van der Waals surface area contributed by atoms with Crippen LogP contribution in [0.2, 0.25) is 5.02 Å². The Morgan fingerprint density at radius 3 is 2.37 bits per heavy atom. The van der Waals surface area contributed by atoms with E-state index in [0.717, 1.165) is 0 Å². The molecule has 0 aliphatic rings. The summed E-state index contributed by atoms with van der Waals surface area (Å²) in [6.45, 7) is 1.46. The summed E-state index contributed by atoms with van der Waals surface area (Å²) in [5.41, 5.74) is 0.686. The van der Waals surface area contributed by atoms with Gasteiger partial charge in [-0.2, -0.15) is 0 Å². The van der Waals surface area contributed by atoms with Gasteiger partial charge in [-0.3, -0.25) is 4.79 Å². The number of pyridine rings is 1. The van der Waals surface area contributed by atoms with Crippen LogP contribution in [0.1, 0.15) is 12.5 Å². The number of methoxy groups -OCH3 is 2. The molecule has 0 unspecified atom stereocenters. The molecule has 0 aliphatic heterocycles. The molecule has 1 aromatic carbocycles. The van der Waals surface area contributed by atoms with Crippen molar-refractivity contribution in [2.24, 2.45) is 0 Å². The maximum atomic E-state index is 12.1. The second-order valence-electron chi connectivity index (χ2n) is 5.41. The molecule has 1 heterocycles. The fourth-order valence-corrected chi connectivity index (χ4v) is 2.15. The Hall–Kier alpha value is -3.06. The number of hydrogen-bond acceptors (Lipinski definition) is 6. The van der Waals surface area contributed by atoms with Gasteiger partial charge in [0.15, 0.2) is 6.10 Å². The van der Waals surface area contributed by atoms with Crippen LogP contribution >= 0.6 is 11.6 Å². The Morgan fingerprint density at radius 1 is 1.15 bits per heavy atom. The van der Waals surface area contributed by atoms with Crippen molar-refractivity contribution in [2.75, 3.05) is 19.5 Å². The van der Waals surface area contributed by atoms with E-state index in [-0.39, 0.29) is 0 Å². The van der Waals surface area contributed by atoms with Crippen molar-refractivity contribution in [1.29, 1.82) is 0 Å². The van der Waals surface area contributed by atoms with Gasteiger partial charge in [0.05, 0.1) is 19.2 Å². The van der Waals surface area contributed by atoms with Crippen molar-refractivity contribution in [3.8, 4) is 11.5 Å². The first kappa shape index (κ1) is 20.3. The molecule has 1 aromatic heterocycles. The first-order chi connectivity index (χ1) is 12.9. The average Bonchev–Trinajstić information content (AvgIpc) is 2.67. The number of amides is 1. The third kappa shape index (κ3) is 6.31. The van der Waals surface area contributed by atoms with Crippen LogP contribution in [0, 0.1) is 0 Å². The van der Waals surface area contributed by atoms with Crippen LogP contribution in [0.15, 0.2) is 42.6 Å². The number of aromatic nitrogens is 1. The molecule has 8 heteroatoms. The van der Waals surface area contributed by atoms with Gasteiger partial charge in [0, 0.05) is 18.3 Å². The molecule has 0 radical (unpaired) electrons. The Bertz CT molecular complexity index is 814. The minimum absolute atomic E-state index is 0.311. The van der Waals surface area contributed by atoms with Gasteiger partial charge < -0.3 is 19.5 Å². The minimum atomic E-state index is -1.00. The molecule has 27 heavy (non-hydrogen) atoms. The van der Waals surface area contributed by atoms with Crippen LogP contribution in [-0.2, 0) is 14.3 Å². The van der Waals surface area contributed by atoms with Crippen LogP contribution in [0.25, 0.3) is 6.08 Å². The Balaban J connectivity index is 1.94. The molecule has 0 bridgehead atoms. The molecule has 0 saturated heterocycles. The van der Waals surface area contributed by atoms with Crippen LogP contribution in [0.5, 0.6) is 11.5 Å². The third-order valence-electron chi connectivity index (χ3n) is 3.43. The Kier molecular flexibility index (Phi) is 7.19. The van der Waals surface area contributed by atoms with Gasteiger partial charge in [0.1, 0.15) is 17.3 Å². The number of ether oxygens (including phenoxy) is 3. The SMILES string of the molecule is COc1cc(/C=C/C(=O)O[C@@H](C)C(=O)Nc2ccc(Cl)cn2)cc(OC)c1. The van der Waals surface area contributed by atoms with Gasteiger partial charge in [-0.15, -0.1) is 0 Å². The average molecular weight is 391 g/mol. The number of carbonyl (C=O) groups is 2. The number of rotatable bonds is 7. The summed E-state index contributed by atoms with van der Waals surface area (Å²) >= 11 is 5.74. The van der Waals surface area contributed by atoms with E-state index in [0.29, 0.717) is 27.9 Å². The quantitative estimate of drug-likeness (QED) is 0.576. The number of hydrogen-bond donors (Lipinski definition) is 1. The molecular formula is C19H19ClN2O5. The van der Waals surface area contributed by atoms with Crippen molar-refractivity contribution in [2.45, 2.75) is 13.0 Å². The topological polar surface area (TPSA) is 86.8 Å². The maximum Gasteiger partial charge on any atom is 0.331 e. The molecule has 2 rings (SSSR count). The normalized spacial score (nSPS) is 11.7. The van der Waals surface area contributed by atoms with Crippen LogP contribution in [0.3, 0.4) is 0 Å². The van der Waals surface area contributed by atoms with E-state index < -0.39 is 18.0 Å². The van der Waals surface area contributed by atoms with Gasteiger partial charge in [0.2, 0.25) is 0 Å². The van der Waals surface area contributed by atoms with E-state index in [4.69, 9.17) is 25.8 Å². The van der Waals surface area contributed by atoms with Gasteiger partial charge >= 0.3 is 5.97 Å². The lowest BCUT2D eigenvalue weighted by atomic mass is 10.2.